The lowest BCUT2D eigenvalue weighted by Gasteiger charge is -2.45. The highest BCUT2D eigenvalue weighted by Crippen LogP contribution is 2.43. The molecule has 5 N–H and O–H groups in total. The molecule has 1 fully saturated rings. The van der Waals surface area contributed by atoms with E-state index in [9.17, 15) is 4.79 Å². The van der Waals surface area contributed by atoms with Crippen LogP contribution >= 0.6 is 0 Å². The van der Waals surface area contributed by atoms with Crippen molar-refractivity contribution in [3.05, 3.63) is 53.9 Å². The highest BCUT2D eigenvalue weighted by Gasteiger charge is 2.44. The second-order valence-corrected chi connectivity index (χ2v) is 9.86. The Kier molecular flexibility index (Phi) is 10.9. The Balaban J connectivity index is 2.31. The second kappa shape index (κ2) is 13.4. The molecule has 1 amide bonds. The van der Waals surface area contributed by atoms with E-state index in [0.29, 0.717) is 16.7 Å². The van der Waals surface area contributed by atoms with E-state index in [2.05, 4.69) is 74.5 Å². The van der Waals surface area contributed by atoms with Gasteiger partial charge >= 0.3 is 0 Å². The van der Waals surface area contributed by atoms with E-state index in [1.165, 1.54) is 6.21 Å². The minimum Gasteiger partial charge on any atom is -0.393 e. The van der Waals surface area contributed by atoms with E-state index in [1.807, 2.05) is 0 Å². The number of nitrogens with zero attached hydrogens (tertiary/aromatic N) is 1. The molecular weight excluding hydrogens is 450 g/mol. The van der Waals surface area contributed by atoms with Crippen molar-refractivity contribution in [1.82, 2.24) is 15.6 Å². The van der Waals surface area contributed by atoms with Gasteiger partial charge in [0.25, 0.3) is 5.91 Å². The van der Waals surface area contributed by atoms with E-state index < -0.39 is 5.60 Å². The molecule has 1 aromatic heterocycles. The third-order valence-electron chi connectivity index (χ3n) is 7.38. The van der Waals surface area contributed by atoms with Gasteiger partial charge in [-0.25, -0.2) is 4.98 Å². The molecule has 2 rings (SSSR count). The SMILES string of the molecule is CCC=CC(C)(OC1CCC[C@@H]1NC(=O)c1cc(/C(C=N)=C/NC)cnc1N)[C@](C)(/C=C\CC)CC. The van der Waals surface area contributed by atoms with Crippen molar-refractivity contribution >= 4 is 23.5 Å². The van der Waals surface area contributed by atoms with Crippen LogP contribution in [0.1, 0.15) is 89.1 Å². The summed E-state index contributed by atoms with van der Waals surface area (Å²) in [5, 5.41) is 13.7. The fourth-order valence-electron chi connectivity index (χ4n) is 4.69. The number of carbonyl (C=O) groups is 1. The highest BCUT2D eigenvalue weighted by molar-refractivity contribution is 6.09. The van der Waals surface area contributed by atoms with E-state index in [0.717, 1.165) is 38.5 Å². The maximum atomic E-state index is 13.3. The Hall–Kier alpha value is -2.93. The van der Waals surface area contributed by atoms with Crippen LogP contribution in [-0.4, -0.2) is 41.9 Å². The number of allylic oxidation sites excluding steroid dienone is 3. The zero-order valence-electron chi connectivity index (χ0n) is 22.9. The largest absolute Gasteiger partial charge is 0.393 e. The zero-order chi connectivity index (χ0) is 26.8. The average Bonchev–Trinajstić information content (AvgIpc) is 3.30. The number of pyridine rings is 1. The van der Waals surface area contributed by atoms with Crippen molar-refractivity contribution < 1.29 is 9.53 Å². The van der Waals surface area contributed by atoms with E-state index >= 15 is 0 Å². The fraction of sp³-hybridized carbons (Fsp3) is 0.552. The molecule has 0 saturated heterocycles. The summed E-state index contributed by atoms with van der Waals surface area (Å²) in [6, 6.07) is 1.57. The molecule has 0 aliphatic heterocycles. The van der Waals surface area contributed by atoms with Gasteiger partial charge in [-0.3, -0.25) is 4.79 Å². The van der Waals surface area contributed by atoms with Crippen LogP contribution in [0.15, 0.2) is 42.8 Å². The molecular formula is C29H45N5O2. The number of anilines is 1. The van der Waals surface area contributed by atoms with Gasteiger partial charge < -0.3 is 26.5 Å². The van der Waals surface area contributed by atoms with Gasteiger partial charge in [0.2, 0.25) is 0 Å². The number of hydrogen-bond acceptors (Lipinski definition) is 6. The smallest absolute Gasteiger partial charge is 0.255 e. The molecule has 36 heavy (non-hydrogen) atoms. The number of ether oxygens (including phenoxy) is 1. The van der Waals surface area contributed by atoms with Crippen molar-refractivity contribution in [3.63, 3.8) is 0 Å². The van der Waals surface area contributed by atoms with Crippen LogP contribution in [0.5, 0.6) is 0 Å². The van der Waals surface area contributed by atoms with Crippen molar-refractivity contribution in [2.24, 2.45) is 5.41 Å². The summed E-state index contributed by atoms with van der Waals surface area (Å²) < 4.78 is 6.90. The summed E-state index contributed by atoms with van der Waals surface area (Å²) in [6.07, 6.45) is 18.8. The standard InChI is InChI=1S/C29H45N5O2/c1-7-10-15-28(4,9-3)29(5,16-11-8-2)36-25-14-12-13-24(25)34-27(35)23-17-21(20-33-26(23)31)22(18-30)19-32-6/h10-11,15-20,24-25,30,32H,7-9,12-14H2,1-6H3,(H2,31,33)(H,34,35)/b15-10-,16-11?,22-19+,30-18?/t24-,25?,28-,29?/m0/s1. The van der Waals surface area contributed by atoms with Crippen molar-refractivity contribution in [3.8, 4) is 0 Å². The molecule has 1 heterocycles. The molecule has 4 atom stereocenters. The van der Waals surface area contributed by atoms with Gasteiger partial charge in [0, 0.05) is 42.2 Å². The summed E-state index contributed by atoms with van der Waals surface area (Å²) in [5.41, 5.74) is 6.95. The first-order chi connectivity index (χ1) is 17.2. The Labute approximate surface area is 217 Å². The normalized spacial score (nSPS) is 21.9. The lowest BCUT2D eigenvalue weighted by molar-refractivity contribution is -0.111. The number of hydrogen-bond donors (Lipinski definition) is 4. The molecule has 1 saturated carbocycles. The lowest BCUT2D eigenvalue weighted by Crippen LogP contribution is -2.50. The third-order valence-corrected chi connectivity index (χ3v) is 7.38. The Morgan fingerprint density at radius 1 is 1.22 bits per heavy atom. The molecule has 1 aromatic rings. The molecule has 2 unspecified atom stereocenters. The first kappa shape index (κ1) is 29.3. The molecule has 7 nitrogen and oxygen atoms in total. The van der Waals surface area contributed by atoms with Gasteiger partial charge in [-0.1, -0.05) is 52.0 Å². The number of nitrogen functional groups attached to an aromatic ring is 1. The number of nitrogens with one attached hydrogen (secondary N) is 3. The van der Waals surface area contributed by atoms with Crippen molar-refractivity contribution in [2.75, 3.05) is 12.8 Å². The first-order valence-corrected chi connectivity index (χ1v) is 13.2. The lowest BCUT2D eigenvalue weighted by atomic mass is 9.71. The Morgan fingerprint density at radius 3 is 2.53 bits per heavy atom. The third kappa shape index (κ3) is 6.84. The molecule has 1 aliphatic rings. The average molecular weight is 496 g/mol. The summed E-state index contributed by atoms with van der Waals surface area (Å²) >= 11 is 0. The van der Waals surface area contributed by atoms with Crippen LogP contribution in [-0.2, 0) is 4.74 Å². The first-order valence-electron chi connectivity index (χ1n) is 13.2. The number of carbonyl (C=O) groups excluding carboxylic acids is 1. The quantitative estimate of drug-likeness (QED) is 0.209. The number of amides is 1. The van der Waals surface area contributed by atoms with Crippen LogP contribution in [0, 0.1) is 10.8 Å². The van der Waals surface area contributed by atoms with Gasteiger partial charge in [0.15, 0.2) is 0 Å². The van der Waals surface area contributed by atoms with Crippen LogP contribution in [0.4, 0.5) is 5.82 Å². The summed E-state index contributed by atoms with van der Waals surface area (Å²) in [5.74, 6) is -0.106. The molecule has 0 bridgehead atoms. The monoisotopic (exact) mass is 495 g/mol. The summed E-state index contributed by atoms with van der Waals surface area (Å²) in [7, 11) is 1.76. The van der Waals surface area contributed by atoms with Gasteiger partial charge in [0.1, 0.15) is 5.82 Å². The molecule has 0 aromatic carbocycles. The van der Waals surface area contributed by atoms with Gasteiger partial charge in [-0.05, 0) is 51.5 Å². The van der Waals surface area contributed by atoms with Crippen LogP contribution in [0.3, 0.4) is 0 Å². The number of aromatic nitrogens is 1. The van der Waals surface area contributed by atoms with Crippen LogP contribution < -0.4 is 16.4 Å². The van der Waals surface area contributed by atoms with Crippen molar-refractivity contribution in [2.45, 2.75) is 90.9 Å². The Bertz CT molecular complexity index is 986. The number of rotatable bonds is 13. The maximum Gasteiger partial charge on any atom is 0.255 e. The molecule has 198 valence electrons. The number of nitrogens with two attached hydrogens (primary N) is 1. The topological polar surface area (TPSA) is 113 Å². The van der Waals surface area contributed by atoms with E-state index in [-0.39, 0.29) is 29.3 Å². The highest BCUT2D eigenvalue weighted by atomic mass is 16.5. The fourth-order valence-corrected chi connectivity index (χ4v) is 4.69. The summed E-state index contributed by atoms with van der Waals surface area (Å²) in [4.78, 5) is 17.5. The molecule has 7 heteroatoms. The van der Waals surface area contributed by atoms with Gasteiger partial charge in [-0.2, -0.15) is 0 Å². The molecule has 1 aliphatic carbocycles. The predicted molar refractivity (Wildman–Crippen MR) is 150 cm³/mol. The second-order valence-electron chi connectivity index (χ2n) is 9.86. The minimum atomic E-state index is -0.515. The van der Waals surface area contributed by atoms with Crippen LogP contribution in [0.25, 0.3) is 5.57 Å². The van der Waals surface area contributed by atoms with E-state index in [4.69, 9.17) is 15.9 Å². The molecule has 0 radical (unpaired) electrons. The minimum absolute atomic E-state index is 0.111. The van der Waals surface area contributed by atoms with Crippen molar-refractivity contribution in [1.29, 1.82) is 5.41 Å². The zero-order valence-corrected chi connectivity index (χ0v) is 22.9. The van der Waals surface area contributed by atoms with Gasteiger partial charge in [-0.15, -0.1) is 0 Å². The summed E-state index contributed by atoms with van der Waals surface area (Å²) in [6.45, 7) is 10.9. The van der Waals surface area contributed by atoms with Gasteiger partial charge in [0.05, 0.1) is 23.3 Å². The predicted octanol–water partition coefficient (Wildman–Crippen LogP) is 5.65. The van der Waals surface area contributed by atoms with Crippen LogP contribution in [0.2, 0.25) is 0 Å². The molecule has 0 spiro atoms. The Morgan fingerprint density at radius 2 is 1.92 bits per heavy atom. The maximum absolute atomic E-state index is 13.3. The van der Waals surface area contributed by atoms with E-state index in [1.54, 1.807) is 25.5 Å².